The fraction of sp³-hybridized carbons (Fsp3) is 0.273. The van der Waals surface area contributed by atoms with Gasteiger partial charge >= 0.3 is 0 Å². The number of ketones is 2. The van der Waals surface area contributed by atoms with Crippen LogP contribution < -0.4 is 4.90 Å². The number of aryl methyl sites for hydroxylation is 1. The van der Waals surface area contributed by atoms with Gasteiger partial charge in [0.2, 0.25) is 17.1 Å². The maximum atomic E-state index is 13.2. The molecule has 0 aromatic heterocycles. The van der Waals surface area contributed by atoms with Crippen LogP contribution in [0.1, 0.15) is 40.7 Å². The van der Waals surface area contributed by atoms with Crippen LogP contribution in [0.2, 0.25) is 0 Å². The van der Waals surface area contributed by atoms with Crippen LogP contribution in [0.15, 0.2) is 59.8 Å². The van der Waals surface area contributed by atoms with Gasteiger partial charge in [-0.05, 0) is 31.4 Å². The minimum absolute atomic E-state index is 0.0562. The van der Waals surface area contributed by atoms with Crippen LogP contribution in [0.5, 0.6) is 0 Å². The van der Waals surface area contributed by atoms with E-state index in [0.29, 0.717) is 29.8 Å². The number of allylic oxidation sites excluding steroid dienone is 1. The lowest BCUT2D eigenvalue weighted by atomic mass is 9.80. The average Bonchev–Trinajstić information content (AvgIpc) is 2.98. The lowest BCUT2D eigenvalue weighted by Gasteiger charge is -2.40. The molecule has 5 nitrogen and oxygen atoms in total. The Labute approximate surface area is 156 Å². The first-order valence-corrected chi connectivity index (χ1v) is 9.14. The summed E-state index contributed by atoms with van der Waals surface area (Å²) in [5.74, 6) is -0.881. The van der Waals surface area contributed by atoms with Gasteiger partial charge in [-0.25, -0.2) is 0 Å². The zero-order valence-corrected chi connectivity index (χ0v) is 14.9. The Bertz CT molecular complexity index is 1060. The van der Waals surface area contributed by atoms with Crippen LogP contribution in [-0.4, -0.2) is 27.4 Å². The molecule has 5 rings (SSSR count). The van der Waals surface area contributed by atoms with Crippen LogP contribution in [0.25, 0.3) is 0 Å². The summed E-state index contributed by atoms with van der Waals surface area (Å²) >= 11 is 0. The molecule has 1 heterocycles. The van der Waals surface area contributed by atoms with Crippen LogP contribution in [-0.2, 0) is 10.5 Å². The average molecular weight is 361 g/mol. The Hall–Kier alpha value is -2.76. The third kappa shape index (κ3) is 1.71. The van der Waals surface area contributed by atoms with Gasteiger partial charge in [-0.1, -0.05) is 42.5 Å². The SMILES string of the molecule is Cc1ccccc1N1C2=C(C(=O)CCC2)[C@]2(O)C(=O)c3ccccc3[C@]12O. The highest BCUT2D eigenvalue weighted by Crippen LogP contribution is 2.60. The van der Waals surface area contributed by atoms with E-state index in [9.17, 15) is 19.8 Å². The van der Waals surface area contributed by atoms with Gasteiger partial charge < -0.3 is 15.1 Å². The highest BCUT2D eigenvalue weighted by molar-refractivity contribution is 6.19. The number of carbonyl (C=O) groups excluding carboxylic acids is 2. The second-order valence-electron chi connectivity index (χ2n) is 7.48. The summed E-state index contributed by atoms with van der Waals surface area (Å²) in [7, 11) is 0. The number of rotatable bonds is 1. The molecular formula is C22H19NO4. The van der Waals surface area contributed by atoms with Gasteiger partial charge in [-0.3, -0.25) is 9.59 Å². The van der Waals surface area contributed by atoms with E-state index in [1.165, 1.54) is 0 Å². The predicted molar refractivity (Wildman–Crippen MR) is 99.2 cm³/mol. The predicted octanol–water partition coefficient (Wildman–Crippen LogP) is 2.59. The maximum Gasteiger partial charge on any atom is 0.211 e. The molecule has 0 fully saturated rings. The van der Waals surface area contributed by atoms with Crippen molar-refractivity contribution in [1.29, 1.82) is 0 Å². The van der Waals surface area contributed by atoms with Gasteiger partial charge in [0.05, 0.1) is 5.57 Å². The third-order valence-corrected chi connectivity index (χ3v) is 6.08. The van der Waals surface area contributed by atoms with Gasteiger partial charge in [0, 0.05) is 28.9 Å². The lowest BCUT2D eigenvalue weighted by Crippen LogP contribution is -2.58. The number of aliphatic hydroxyl groups is 2. The Morgan fingerprint density at radius 3 is 2.44 bits per heavy atom. The molecule has 1 aliphatic heterocycles. The molecule has 0 bridgehead atoms. The Balaban J connectivity index is 1.89. The number of para-hydroxylation sites is 1. The molecule has 27 heavy (non-hydrogen) atoms. The third-order valence-electron chi connectivity index (χ3n) is 6.08. The van der Waals surface area contributed by atoms with E-state index >= 15 is 0 Å². The Morgan fingerprint density at radius 2 is 1.67 bits per heavy atom. The van der Waals surface area contributed by atoms with Crippen molar-refractivity contribution >= 4 is 17.3 Å². The normalized spacial score (nSPS) is 29.1. The molecule has 3 aliphatic rings. The highest BCUT2D eigenvalue weighted by atomic mass is 16.4. The summed E-state index contributed by atoms with van der Waals surface area (Å²) in [5.41, 5.74) is -1.55. The van der Waals surface area contributed by atoms with Crippen molar-refractivity contribution in [2.24, 2.45) is 0 Å². The number of hydrogen-bond donors (Lipinski definition) is 2. The minimum Gasteiger partial charge on any atom is -0.372 e. The minimum atomic E-state index is -2.29. The van der Waals surface area contributed by atoms with Crippen LogP contribution in [0, 0.1) is 6.92 Å². The number of anilines is 1. The lowest BCUT2D eigenvalue weighted by molar-refractivity contribution is -0.123. The van der Waals surface area contributed by atoms with Crippen LogP contribution in [0.3, 0.4) is 0 Å². The number of carbonyl (C=O) groups is 2. The fourth-order valence-corrected chi connectivity index (χ4v) is 4.89. The second-order valence-corrected chi connectivity index (χ2v) is 7.48. The molecule has 0 saturated carbocycles. The van der Waals surface area contributed by atoms with Gasteiger partial charge in [0.1, 0.15) is 0 Å². The van der Waals surface area contributed by atoms with Crippen LogP contribution >= 0.6 is 0 Å². The summed E-state index contributed by atoms with van der Waals surface area (Å²) in [6.07, 6.45) is 1.42. The molecule has 2 aliphatic carbocycles. The zero-order chi connectivity index (χ0) is 19.0. The molecule has 0 unspecified atom stereocenters. The van der Waals surface area contributed by atoms with Crippen molar-refractivity contribution in [3.8, 4) is 0 Å². The number of nitrogens with zero attached hydrogens (tertiary/aromatic N) is 1. The van der Waals surface area contributed by atoms with E-state index in [1.807, 2.05) is 31.2 Å². The monoisotopic (exact) mass is 361 g/mol. The number of fused-ring (bicyclic) bond motifs is 4. The second kappa shape index (κ2) is 5.15. The van der Waals surface area contributed by atoms with Gasteiger partial charge in [0.25, 0.3) is 0 Å². The van der Waals surface area contributed by atoms with Crippen molar-refractivity contribution in [1.82, 2.24) is 0 Å². The summed E-state index contributed by atoms with van der Waals surface area (Å²) < 4.78 is 0. The van der Waals surface area contributed by atoms with Crippen molar-refractivity contribution in [3.63, 3.8) is 0 Å². The van der Waals surface area contributed by atoms with Gasteiger partial charge in [-0.2, -0.15) is 0 Å². The standard InChI is InChI=1S/C22H19NO4/c1-13-7-2-5-10-16(13)23-17-11-6-12-18(24)19(17)21(26)20(25)14-8-3-4-9-15(14)22(21,23)27/h2-5,7-10,26-27H,6,11-12H2,1H3/t21-,22+/m0/s1. The maximum absolute atomic E-state index is 13.2. The fourth-order valence-electron chi connectivity index (χ4n) is 4.89. The summed E-state index contributed by atoms with van der Waals surface area (Å²) in [6.45, 7) is 1.91. The molecule has 0 saturated heterocycles. The molecule has 2 N–H and O–H groups in total. The molecule has 0 spiro atoms. The first kappa shape index (κ1) is 16.4. The van der Waals surface area contributed by atoms with Crippen molar-refractivity contribution in [3.05, 3.63) is 76.5 Å². The molecule has 5 heteroatoms. The van der Waals surface area contributed by atoms with Crippen molar-refractivity contribution < 1.29 is 19.8 Å². The largest absolute Gasteiger partial charge is 0.372 e. The summed E-state index contributed by atoms with van der Waals surface area (Å²) in [4.78, 5) is 27.7. The van der Waals surface area contributed by atoms with Crippen molar-refractivity contribution in [2.45, 2.75) is 37.5 Å². The Morgan fingerprint density at radius 1 is 0.963 bits per heavy atom. The summed E-state index contributed by atoms with van der Waals surface area (Å²) in [5, 5.41) is 23.6. The number of benzene rings is 2. The molecule has 136 valence electrons. The van der Waals surface area contributed by atoms with E-state index in [0.717, 1.165) is 5.56 Å². The van der Waals surface area contributed by atoms with Crippen LogP contribution in [0.4, 0.5) is 5.69 Å². The van der Waals surface area contributed by atoms with Gasteiger partial charge in [-0.15, -0.1) is 0 Å². The number of Topliss-reactive ketones (excluding diaryl/α,β-unsaturated/α-hetero) is 2. The van der Waals surface area contributed by atoms with Crippen molar-refractivity contribution in [2.75, 3.05) is 4.90 Å². The molecular weight excluding hydrogens is 342 g/mol. The molecule has 2 aromatic rings. The molecule has 0 amide bonds. The molecule has 2 atom stereocenters. The van der Waals surface area contributed by atoms with E-state index < -0.39 is 17.1 Å². The van der Waals surface area contributed by atoms with E-state index in [1.54, 1.807) is 29.2 Å². The quantitative estimate of drug-likeness (QED) is 0.816. The molecule has 2 aromatic carbocycles. The molecule has 0 radical (unpaired) electrons. The first-order chi connectivity index (χ1) is 12.9. The highest BCUT2D eigenvalue weighted by Gasteiger charge is 2.73. The zero-order valence-electron chi connectivity index (χ0n) is 14.9. The van der Waals surface area contributed by atoms with E-state index in [-0.39, 0.29) is 23.3 Å². The summed E-state index contributed by atoms with van der Waals surface area (Å²) in [6, 6.07) is 14.1. The topological polar surface area (TPSA) is 77.8 Å². The smallest absolute Gasteiger partial charge is 0.211 e. The Kier molecular flexibility index (Phi) is 3.13. The number of hydrogen-bond acceptors (Lipinski definition) is 5. The van der Waals surface area contributed by atoms with E-state index in [2.05, 4.69) is 0 Å². The van der Waals surface area contributed by atoms with E-state index in [4.69, 9.17) is 0 Å². The van der Waals surface area contributed by atoms with Gasteiger partial charge in [0.15, 0.2) is 5.78 Å². The first-order valence-electron chi connectivity index (χ1n) is 9.14.